The smallest absolute Gasteiger partial charge is 0.250 e. The van der Waals surface area contributed by atoms with E-state index < -0.39 is 0 Å². The summed E-state index contributed by atoms with van der Waals surface area (Å²) in [5.74, 6) is 0.396. The number of aromatic nitrogens is 2. The molecule has 0 spiro atoms. The van der Waals surface area contributed by atoms with Crippen molar-refractivity contribution in [2.24, 2.45) is 0 Å². The Kier molecular flexibility index (Phi) is 6.05. The van der Waals surface area contributed by atoms with Crippen molar-refractivity contribution >= 4 is 44.4 Å². The van der Waals surface area contributed by atoms with Crippen LogP contribution in [0.25, 0.3) is 6.08 Å². The molecule has 1 aromatic carbocycles. The van der Waals surface area contributed by atoms with Gasteiger partial charge >= 0.3 is 0 Å². The highest BCUT2D eigenvalue weighted by molar-refractivity contribution is 9.10. The van der Waals surface area contributed by atoms with Crippen molar-refractivity contribution in [3.63, 3.8) is 0 Å². The van der Waals surface area contributed by atoms with Gasteiger partial charge in [-0.15, -0.1) is 10.2 Å². The van der Waals surface area contributed by atoms with E-state index in [0.717, 1.165) is 10.0 Å². The molecule has 8 heteroatoms. The minimum absolute atomic E-state index is 0.290. The molecule has 116 valence electrons. The standard InChI is InChI=1S/C14H14BrN3O3S/c1-20-8-13-17-18-14(22-13)16-12(19)6-3-9-7-10(15)4-5-11(9)21-2/h3-7H,8H2,1-2H3,(H,16,18,19)/b6-3+. The summed E-state index contributed by atoms with van der Waals surface area (Å²) in [5, 5.41) is 11.6. The number of benzene rings is 1. The molecule has 0 radical (unpaired) electrons. The van der Waals surface area contributed by atoms with Crippen LogP contribution >= 0.6 is 27.3 Å². The lowest BCUT2D eigenvalue weighted by Gasteiger charge is -2.04. The zero-order valence-corrected chi connectivity index (χ0v) is 14.4. The second-order valence-electron chi connectivity index (χ2n) is 4.14. The molecule has 0 aliphatic heterocycles. The van der Waals surface area contributed by atoms with Gasteiger partial charge < -0.3 is 9.47 Å². The maximum absolute atomic E-state index is 11.9. The predicted octanol–water partition coefficient (Wildman–Crippen LogP) is 3.11. The summed E-state index contributed by atoms with van der Waals surface area (Å²) in [6, 6.07) is 5.56. The average molecular weight is 384 g/mol. The number of carbonyl (C=O) groups excluding carboxylic acids is 1. The zero-order chi connectivity index (χ0) is 15.9. The van der Waals surface area contributed by atoms with Gasteiger partial charge in [-0.25, -0.2) is 0 Å². The lowest BCUT2D eigenvalue weighted by molar-refractivity contribution is -0.111. The Labute approximate surface area is 140 Å². The summed E-state index contributed by atoms with van der Waals surface area (Å²) < 4.78 is 11.1. The minimum Gasteiger partial charge on any atom is -0.496 e. The van der Waals surface area contributed by atoms with Crippen molar-refractivity contribution in [3.8, 4) is 5.75 Å². The fourth-order valence-electron chi connectivity index (χ4n) is 1.63. The van der Waals surface area contributed by atoms with Crippen molar-refractivity contribution in [2.75, 3.05) is 19.5 Å². The molecule has 0 bridgehead atoms. The van der Waals surface area contributed by atoms with Crippen LogP contribution in [0.1, 0.15) is 10.6 Å². The van der Waals surface area contributed by atoms with Gasteiger partial charge in [0.05, 0.1) is 7.11 Å². The molecule has 2 aromatic rings. The number of nitrogens with zero attached hydrogens (tertiary/aromatic N) is 2. The van der Waals surface area contributed by atoms with Crippen molar-refractivity contribution in [1.29, 1.82) is 0 Å². The fraction of sp³-hybridized carbons (Fsp3) is 0.214. The number of anilines is 1. The van der Waals surface area contributed by atoms with Crippen LogP contribution in [-0.2, 0) is 16.1 Å². The van der Waals surface area contributed by atoms with E-state index in [1.165, 1.54) is 17.4 Å². The number of methoxy groups -OCH3 is 2. The van der Waals surface area contributed by atoms with Crippen molar-refractivity contribution in [2.45, 2.75) is 6.61 Å². The third kappa shape index (κ3) is 4.62. The Bertz CT molecular complexity index is 688. The first kappa shape index (κ1) is 16.6. The molecule has 2 rings (SSSR count). The number of ether oxygens (including phenoxy) is 2. The number of halogens is 1. The lowest BCUT2D eigenvalue weighted by Crippen LogP contribution is -2.07. The predicted molar refractivity (Wildman–Crippen MR) is 89.0 cm³/mol. The fourth-order valence-corrected chi connectivity index (χ4v) is 2.73. The highest BCUT2D eigenvalue weighted by Crippen LogP contribution is 2.24. The highest BCUT2D eigenvalue weighted by atomic mass is 79.9. The van der Waals surface area contributed by atoms with Crippen LogP contribution in [0.2, 0.25) is 0 Å². The third-order valence-electron chi connectivity index (χ3n) is 2.57. The molecule has 0 fully saturated rings. The summed E-state index contributed by atoms with van der Waals surface area (Å²) in [5.41, 5.74) is 0.796. The Morgan fingerprint density at radius 3 is 2.95 bits per heavy atom. The topological polar surface area (TPSA) is 73.3 Å². The molecule has 1 amide bonds. The minimum atomic E-state index is -0.290. The maximum Gasteiger partial charge on any atom is 0.250 e. The number of hydrogen-bond donors (Lipinski definition) is 1. The quantitative estimate of drug-likeness (QED) is 0.775. The molecule has 0 saturated heterocycles. The van der Waals surface area contributed by atoms with Gasteiger partial charge in [-0.1, -0.05) is 27.3 Å². The molecule has 0 saturated carbocycles. The van der Waals surface area contributed by atoms with E-state index in [4.69, 9.17) is 9.47 Å². The van der Waals surface area contributed by atoms with Crippen LogP contribution in [0.5, 0.6) is 5.75 Å². The van der Waals surface area contributed by atoms with Crippen LogP contribution in [0.15, 0.2) is 28.7 Å². The van der Waals surface area contributed by atoms with E-state index >= 15 is 0 Å². The summed E-state index contributed by atoms with van der Waals surface area (Å²) in [6.45, 7) is 0.374. The normalized spacial score (nSPS) is 10.9. The molecule has 1 aromatic heterocycles. The number of nitrogens with one attached hydrogen (secondary N) is 1. The number of rotatable bonds is 6. The monoisotopic (exact) mass is 383 g/mol. The summed E-state index contributed by atoms with van der Waals surface area (Å²) in [6.07, 6.45) is 3.09. The molecule has 0 unspecified atom stereocenters. The van der Waals surface area contributed by atoms with E-state index in [-0.39, 0.29) is 5.91 Å². The Balaban J connectivity index is 2.03. The van der Waals surface area contributed by atoms with Gasteiger partial charge in [0.2, 0.25) is 11.0 Å². The van der Waals surface area contributed by atoms with Crippen LogP contribution in [0, 0.1) is 0 Å². The highest BCUT2D eigenvalue weighted by Gasteiger charge is 2.06. The first-order valence-corrected chi connectivity index (χ1v) is 7.87. The molecular weight excluding hydrogens is 370 g/mol. The summed E-state index contributed by atoms with van der Waals surface area (Å²) >= 11 is 4.66. The summed E-state index contributed by atoms with van der Waals surface area (Å²) in [7, 11) is 3.16. The third-order valence-corrected chi connectivity index (χ3v) is 3.88. The van der Waals surface area contributed by atoms with Crippen LogP contribution in [0.4, 0.5) is 5.13 Å². The lowest BCUT2D eigenvalue weighted by atomic mass is 10.2. The van der Waals surface area contributed by atoms with Gasteiger partial charge in [-0.3, -0.25) is 10.1 Å². The second kappa shape index (κ2) is 8.02. The van der Waals surface area contributed by atoms with E-state index in [2.05, 4.69) is 31.4 Å². The van der Waals surface area contributed by atoms with Gasteiger partial charge in [-0.05, 0) is 24.3 Å². The van der Waals surface area contributed by atoms with Crippen molar-refractivity contribution in [3.05, 3.63) is 39.3 Å². The summed E-state index contributed by atoms with van der Waals surface area (Å²) in [4.78, 5) is 11.9. The number of hydrogen-bond acceptors (Lipinski definition) is 6. The average Bonchev–Trinajstić information content (AvgIpc) is 2.93. The van der Waals surface area contributed by atoms with Crippen LogP contribution in [-0.4, -0.2) is 30.3 Å². The molecule has 0 aliphatic rings. The van der Waals surface area contributed by atoms with Gasteiger partial charge in [-0.2, -0.15) is 0 Å². The van der Waals surface area contributed by atoms with E-state index in [0.29, 0.717) is 22.5 Å². The van der Waals surface area contributed by atoms with E-state index in [1.54, 1.807) is 20.3 Å². The Morgan fingerprint density at radius 1 is 1.41 bits per heavy atom. The molecule has 1 N–H and O–H groups in total. The molecular formula is C14H14BrN3O3S. The molecule has 1 heterocycles. The van der Waals surface area contributed by atoms with Gasteiger partial charge in [0.15, 0.2) is 0 Å². The van der Waals surface area contributed by atoms with Gasteiger partial charge in [0.25, 0.3) is 0 Å². The number of amides is 1. The molecule has 0 aliphatic carbocycles. The first-order chi connectivity index (χ1) is 10.6. The first-order valence-electron chi connectivity index (χ1n) is 6.26. The molecule has 22 heavy (non-hydrogen) atoms. The van der Waals surface area contributed by atoms with Crippen LogP contribution < -0.4 is 10.1 Å². The van der Waals surface area contributed by atoms with Gasteiger partial charge in [0, 0.05) is 23.2 Å². The van der Waals surface area contributed by atoms with E-state index in [1.807, 2.05) is 18.2 Å². The Hall–Kier alpha value is -1.77. The number of carbonyl (C=O) groups is 1. The van der Waals surface area contributed by atoms with E-state index in [9.17, 15) is 4.79 Å². The molecule has 0 atom stereocenters. The largest absolute Gasteiger partial charge is 0.496 e. The van der Waals surface area contributed by atoms with Crippen molar-refractivity contribution < 1.29 is 14.3 Å². The van der Waals surface area contributed by atoms with Crippen molar-refractivity contribution in [1.82, 2.24) is 10.2 Å². The SMILES string of the molecule is COCc1nnc(NC(=O)/C=C/c2cc(Br)ccc2OC)s1. The zero-order valence-electron chi connectivity index (χ0n) is 12.0. The Morgan fingerprint density at radius 2 is 2.23 bits per heavy atom. The maximum atomic E-state index is 11.9. The molecule has 6 nitrogen and oxygen atoms in total. The van der Waals surface area contributed by atoms with Crippen LogP contribution in [0.3, 0.4) is 0 Å². The van der Waals surface area contributed by atoms with Gasteiger partial charge in [0.1, 0.15) is 17.4 Å². The second-order valence-corrected chi connectivity index (χ2v) is 6.12.